The van der Waals surface area contributed by atoms with Gasteiger partial charge in [0.25, 0.3) is 0 Å². The molecule has 90 valence electrons. The maximum Gasteiger partial charge on any atom is 0.0109 e. The van der Waals surface area contributed by atoms with Gasteiger partial charge in [0, 0.05) is 13.1 Å². The smallest absolute Gasteiger partial charge is 0.0109 e. The van der Waals surface area contributed by atoms with Gasteiger partial charge in [0.2, 0.25) is 0 Å². The third-order valence-electron chi connectivity index (χ3n) is 3.21. The largest absolute Gasteiger partial charge is 0.320 e. The van der Waals surface area contributed by atoms with Crippen LogP contribution in [0, 0.1) is 0 Å². The fraction of sp³-hybridized carbons (Fsp3) is 1.00. The molecule has 1 fully saturated rings. The van der Waals surface area contributed by atoms with Crippen LogP contribution < -0.4 is 5.32 Å². The number of rotatable bonds is 6. The maximum atomic E-state index is 3.20. The van der Waals surface area contributed by atoms with Crippen LogP contribution in [0.4, 0.5) is 0 Å². The fourth-order valence-corrected chi connectivity index (χ4v) is 2.14. The van der Waals surface area contributed by atoms with Crippen molar-refractivity contribution in [1.82, 2.24) is 15.1 Å². The molecular weight excluding hydrogens is 186 g/mol. The summed E-state index contributed by atoms with van der Waals surface area (Å²) < 4.78 is 0. The molecule has 15 heavy (non-hydrogen) atoms. The molecular formula is C12H27N3. The van der Waals surface area contributed by atoms with Crippen molar-refractivity contribution in [3.05, 3.63) is 0 Å². The van der Waals surface area contributed by atoms with Gasteiger partial charge in [-0.1, -0.05) is 6.42 Å². The van der Waals surface area contributed by atoms with Gasteiger partial charge in [-0.2, -0.15) is 0 Å². The van der Waals surface area contributed by atoms with Crippen LogP contribution in [0.1, 0.15) is 25.7 Å². The van der Waals surface area contributed by atoms with E-state index >= 15 is 0 Å². The molecule has 0 aromatic carbocycles. The molecule has 1 rings (SSSR count). The number of hydrogen-bond donors (Lipinski definition) is 1. The summed E-state index contributed by atoms with van der Waals surface area (Å²) in [5.74, 6) is 0. The first-order valence-corrected chi connectivity index (χ1v) is 6.38. The lowest BCUT2D eigenvalue weighted by atomic mass is 10.2. The van der Waals surface area contributed by atoms with Crippen molar-refractivity contribution in [2.75, 3.05) is 53.4 Å². The monoisotopic (exact) mass is 213 g/mol. The van der Waals surface area contributed by atoms with Crippen LogP contribution in [0.25, 0.3) is 0 Å². The highest BCUT2D eigenvalue weighted by molar-refractivity contribution is 4.67. The van der Waals surface area contributed by atoms with Crippen molar-refractivity contribution in [3.63, 3.8) is 0 Å². The molecule has 1 saturated heterocycles. The molecule has 0 saturated carbocycles. The molecule has 0 radical (unpaired) electrons. The summed E-state index contributed by atoms with van der Waals surface area (Å²) in [5, 5.41) is 3.20. The van der Waals surface area contributed by atoms with Crippen LogP contribution >= 0.6 is 0 Å². The molecule has 0 aromatic rings. The quantitative estimate of drug-likeness (QED) is 0.665. The number of nitrogens with one attached hydrogen (secondary N) is 1. The van der Waals surface area contributed by atoms with Gasteiger partial charge in [-0.05, 0) is 59.5 Å². The molecule has 0 amide bonds. The van der Waals surface area contributed by atoms with Gasteiger partial charge in [-0.3, -0.25) is 0 Å². The highest BCUT2D eigenvalue weighted by Crippen LogP contribution is 2.03. The fourth-order valence-electron chi connectivity index (χ4n) is 2.14. The minimum Gasteiger partial charge on any atom is -0.320 e. The van der Waals surface area contributed by atoms with Crippen LogP contribution in [0.15, 0.2) is 0 Å². The first kappa shape index (κ1) is 12.9. The Morgan fingerprint density at radius 3 is 2.67 bits per heavy atom. The average Bonchev–Trinajstić information content (AvgIpc) is 2.43. The molecule has 0 unspecified atom stereocenters. The van der Waals surface area contributed by atoms with E-state index in [1.807, 2.05) is 7.05 Å². The molecule has 0 atom stereocenters. The predicted octanol–water partition coefficient (Wildman–Crippen LogP) is 1.01. The highest BCUT2D eigenvalue weighted by Gasteiger charge is 2.10. The van der Waals surface area contributed by atoms with Gasteiger partial charge < -0.3 is 15.1 Å². The molecule has 1 aliphatic heterocycles. The first-order chi connectivity index (χ1) is 7.33. The zero-order chi connectivity index (χ0) is 10.9. The lowest BCUT2D eigenvalue weighted by Gasteiger charge is -2.19. The Bertz CT molecular complexity index is 150. The summed E-state index contributed by atoms with van der Waals surface area (Å²) in [7, 11) is 4.26. The summed E-state index contributed by atoms with van der Waals surface area (Å²) in [5.41, 5.74) is 0. The summed E-state index contributed by atoms with van der Waals surface area (Å²) >= 11 is 0. The standard InChI is InChI=1S/C12H27N3/c1-13-7-4-3-5-9-15-10-6-8-14(2)11-12-15/h13H,3-12H2,1-2H3. The van der Waals surface area contributed by atoms with E-state index in [2.05, 4.69) is 22.2 Å². The number of nitrogens with zero attached hydrogens (tertiary/aromatic N) is 2. The van der Waals surface area contributed by atoms with Crippen molar-refractivity contribution < 1.29 is 0 Å². The van der Waals surface area contributed by atoms with Gasteiger partial charge >= 0.3 is 0 Å². The minimum atomic E-state index is 1.17. The Balaban J connectivity index is 2.00. The van der Waals surface area contributed by atoms with Gasteiger partial charge in [0.1, 0.15) is 0 Å². The van der Waals surface area contributed by atoms with Gasteiger partial charge in [-0.25, -0.2) is 0 Å². The number of likely N-dealkylation sites (N-methyl/N-ethyl adjacent to an activating group) is 1. The summed E-state index contributed by atoms with van der Waals surface area (Å²) in [6.45, 7) is 7.56. The topological polar surface area (TPSA) is 18.5 Å². The zero-order valence-electron chi connectivity index (χ0n) is 10.5. The Kier molecular flexibility index (Phi) is 6.98. The van der Waals surface area contributed by atoms with E-state index in [4.69, 9.17) is 0 Å². The number of unbranched alkanes of at least 4 members (excludes halogenated alkanes) is 2. The van der Waals surface area contributed by atoms with E-state index in [9.17, 15) is 0 Å². The summed E-state index contributed by atoms with van der Waals surface area (Å²) in [4.78, 5) is 5.07. The molecule has 0 aromatic heterocycles. The van der Waals surface area contributed by atoms with Crippen LogP contribution in [0.2, 0.25) is 0 Å². The molecule has 0 spiro atoms. The predicted molar refractivity (Wildman–Crippen MR) is 66.3 cm³/mol. The van der Waals surface area contributed by atoms with E-state index in [-0.39, 0.29) is 0 Å². The SMILES string of the molecule is CNCCCCCN1CCCN(C)CC1. The first-order valence-electron chi connectivity index (χ1n) is 6.38. The van der Waals surface area contributed by atoms with Crippen LogP contribution in [0.3, 0.4) is 0 Å². The van der Waals surface area contributed by atoms with Crippen molar-refractivity contribution in [1.29, 1.82) is 0 Å². The van der Waals surface area contributed by atoms with E-state index in [1.54, 1.807) is 0 Å². The molecule has 3 nitrogen and oxygen atoms in total. The second-order valence-corrected chi connectivity index (χ2v) is 4.66. The molecule has 1 heterocycles. The zero-order valence-corrected chi connectivity index (χ0v) is 10.5. The Hall–Kier alpha value is -0.120. The normalized spacial score (nSPS) is 20.4. The molecule has 1 aliphatic rings. The number of hydrogen-bond acceptors (Lipinski definition) is 3. The molecule has 1 N–H and O–H groups in total. The van der Waals surface area contributed by atoms with E-state index in [0.29, 0.717) is 0 Å². The lowest BCUT2D eigenvalue weighted by molar-refractivity contribution is 0.270. The van der Waals surface area contributed by atoms with Crippen molar-refractivity contribution >= 4 is 0 Å². The third kappa shape index (κ3) is 6.13. The summed E-state index contributed by atoms with van der Waals surface area (Å²) in [6.07, 6.45) is 5.40. The van der Waals surface area contributed by atoms with Crippen LogP contribution in [-0.2, 0) is 0 Å². The lowest BCUT2D eigenvalue weighted by Crippen LogP contribution is -2.29. The Morgan fingerprint density at radius 1 is 1.00 bits per heavy atom. The maximum absolute atomic E-state index is 3.20. The van der Waals surface area contributed by atoms with Crippen molar-refractivity contribution in [2.45, 2.75) is 25.7 Å². The van der Waals surface area contributed by atoms with Crippen molar-refractivity contribution in [2.24, 2.45) is 0 Å². The third-order valence-corrected chi connectivity index (χ3v) is 3.21. The van der Waals surface area contributed by atoms with Gasteiger partial charge in [-0.15, -0.1) is 0 Å². The highest BCUT2D eigenvalue weighted by atomic mass is 15.2. The average molecular weight is 213 g/mol. The van der Waals surface area contributed by atoms with Crippen LogP contribution in [-0.4, -0.2) is 63.2 Å². The second-order valence-electron chi connectivity index (χ2n) is 4.66. The van der Waals surface area contributed by atoms with Crippen LogP contribution in [0.5, 0.6) is 0 Å². The summed E-state index contributed by atoms with van der Waals surface area (Å²) in [6, 6.07) is 0. The van der Waals surface area contributed by atoms with Gasteiger partial charge in [0.15, 0.2) is 0 Å². The van der Waals surface area contributed by atoms with Crippen molar-refractivity contribution in [3.8, 4) is 0 Å². The van der Waals surface area contributed by atoms with E-state index in [0.717, 1.165) is 0 Å². The Morgan fingerprint density at radius 2 is 1.87 bits per heavy atom. The molecule has 3 heteroatoms. The molecule has 0 aliphatic carbocycles. The van der Waals surface area contributed by atoms with E-state index < -0.39 is 0 Å². The molecule has 0 bridgehead atoms. The second kappa shape index (κ2) is 8.08. The Labute approximate surface area is 94.8 Å². The van der Waals surface area contributed by atoms with E-state index in [1.165, 1.54) is 65.0 Å². The minimum absolute atomic E-state index is 1.17. The van der Waals surface area contributed by atoms with Gasteiger partial charge in [0.05, 0.1) is 0 Å².